The number of phenols is 1. The molecule has 0 bridgehead atoms. The van der Waals surface area contributed by atoms with Crippen LogP contribution in [-0.2, 0) is 4.79 Å². The van der Waals surface area contributed by atoms with Crippen molar-refractivity contribution >= 4 is 12.1 Å². The van der Waals surface area contributed by atoms with E-state index in [1.165, 1.54) is 5.01 Å². The molecule has 0 unspecified atom stereocenters. The Hall–Kier alpha value is -3.02. The van der Waals surface area contributed by atoms with Gasteiger partial charge in [-0.15, -0.1) is 0 Å². The van der Waals surface area contributed by atoms with Crippen LogP contribution in [0.1, 0.15) is 23.6 Å². The van der Waals surface area contributed by atoms with Gasteiger partial charge in [-0.1, -0.05) is 18.2 Å². The van der Waals surface area contributed by atoms with Crippen LogP contribution in [0.25, 0.3) is 0 Å². The number of aromatic hydroxyl groups is 1. The fourth-order valence-electron chi connectivity index (χ4n) is 2.84. The molecule has 1 aliphatic heterocycles. The van der Waals surface area contributed by atoms with Crippen molar-refractivity contribution in [3.8, 4) is 17.2 Å². The lowest BCUT2D eigenvalue weighted by Gasteiger charge is -2.18. The number of hydrogen-bond acceptors (Lipinski definition) is 5. The molecule has 124 valence electrons. The third kappa shape index (κ3) is 2.78. The number of ether oxygens (including phenoxy) is 2. The van der Waals surface area contributed by atoms with Crippen molar-refractivity contribution in [2.75, 3.05) is 14.2 Å². The first kappa shape index (κ1) is 15.9. The summed E-state index contributed by atoms with van der Waals surface area (Å²) in [7, 11) is 3.15. The molecule has 0 radical (unpaired) electrons. The zero-order valence-corrected chi connectivity index (χ0v) is 13.5. The standard InChI is InChI=1S/C18H18N2O4/c1-23-17-8-7-12(9-18(17)24-2)14-10-15(20(11-21)19-14)13-5-3-4-6-16(13)22/h3-9,11,15,22H,10H2,1-2H3/t15-/m0/s1. The Morgan fingerprint density at radius 2 is 1.92 bits per heavy atom. The molecule has 1 aliphatic rings. The van der Waals surface area contributed by atoms with E-state index in [2.05, 4.69) is 5.10 Å². The molecular formula is C18H18N2O4. The summed E-state index contributed by atoms with van der Waals surface area (Å²) in [5.41, 5.74) is 2.26. The van der Waals surface area contributed by atoms with Crippen molar-refractivity contribution in [3.63, 3.8) is 0 Å². The van der Waals surface area contributed by atoms with Crippen LogP contribution < -0.4 is 9.47 Å². The van der Waals surface area contributed by atoms with Gasteiger partial charge in [-0.3, -0.25) is 4.79 Å². The minimum Gasteiger partial charge on any atom is -0.508 e. The van der Waals surface area contributed by atoms with Crippen molar-refractivity contribution in [1.29, 1.82) is 0 Å². The fourth-order valence-corrected chi connectivity index (χ4v) is 2.84. The van der Waals surface area contributed by atoms with Crippen LogP contribution in [0.4, 0.5) is 0 Å². The van der Waals surface area contributed by atoms with Gasteiger partial charge in [0.25, 0.3) is 0 Å². The largest absolute Gasteiger partial charge is 0.508 e. The Morgan fingerprint density at radius 3 is 2.58 bits per heavy atom. The highest BCUT2D eigenvalue weighted by atomic mass is 16.5. The highest BCUT2D eigenvalue weighted by molar-refractivity contribution is 6.03. The molecule has 1 N–H and O–H groups in total. The summed E-state index contributed by atoms with van der Waals surface area (Å²) in [5.74, 6) is 1.38. The van der Waals surface area contributed by atoms with Crippen molar-refractivity contribution in [3.05, 3.63) is 53.6 Å². The van der Waals surface area contributed by atoms with E-state index in [9.17, 15) is 9.90 Å². The van der Waals surface area contributed by atoms with Crippen molar-refractivity contribution in [2.45, 2.75) is 12.5 Å². The van der Waals surface area contributed by atoms with Crippen LogP contribution in [0.5, 0.6) is 17.2 Å². The van der Waals surface area contributed by atoms with E-state index in [-0.39, 0.29) is 11.8 Å². The van der Waals surface area contributed by atoms with Crippen LogP contribution in [-0.4, -0.2) is 36.5 Å². The number of para-hydroxylation sites is 1. The molecule has 6 heteroatoms. The zero-order valence-electron chi connectivity index (χ0n) is 13.5. The fraction of sp³-hybridized carbons (Fsp3) is 0.222. The predicted octanol–water partition coefficient (Wildman–Crippen LogP) is 2.72. The first-order chi connectivity index (χ1) is 11.7. The van der Waals surface area contributed by atoms with Gasteiger partial charge in [0.2, 0.25) is 6.41 Å². The molecule has 0 saturated carbocycles. The second kappa shape index (κ2) is 6.62. The molecule has 0 aliphatic carbocycles. The van der Waals surface area contributed by atoms with E-state index < -0.39 is 0 Å². The van der Waals surface area contributed by atoms with Crippen LogP contribution in [0.15, 0.2) is 47.6 Å². The molecule has 24 heavy (non-hydrogen) atoms. The average Bonchev–Trinajstić information content (AvgIpc) is 3.05. The number of hydrazone groups is 1. The number of phenolic OH excluding ortho intramolecular Hbond substituents is 1. The second-order valence-electron chi connectivity index (χ2n) is 5.38. The third-order valence-corrected chi connectivity index (χ3v) is 4.06. The number of rotatable bonds is 5. The summed E-state index contributed by atoms with van der Waals surface area (Å²) in [4.78, 5) is 11.4. The normalized spacial score (nSPS) is 16.7. The molecule has 0 fully saturated rings. The Morgan fingerprint density at radius 1 is 1.17 bits per heavy atom. The maximum atomic E-state index is 11.4. The molecule has 0 spiro atoms. The molecule has 0 aromatic heterocycles. The van der Waals surface area contributed by atoms with Gasteiger partial charge in [0.05, 0.1) is 26.0 Å². The third-order valence-electron chi connectivity index (χ3n) is 4.06. The predicted molar refractivity (Wildman–Crippen MR) is 89.5 cm³/mol. The lowest BCUT2D eigenvalue weighted by Crippen LogP contribution is -2.17. The Bertz CT molecular complexity index is 788. The first-order valence-electron chi connectivity index (χ1n) is 7.49. The van der Waals surface area contributed by atoms with Gasteiger partial charge in [-0.2, -0.15) is 5.10 Å². The Labute approximate surface area is 139 Å². The van der Waals surface area contributed by atoms with Crippen LogP contribution in [0.2, 0.25) is 0 Å². The monoisotopic (exact) mass is 326 g/mol. The number of methoxy groups -OCH3 is 2. The summed E-state index contributed by atoms with van der Waals surface area (Å²) in [5, 5.41) is 15.8. The maximum Gasteiger partial charge on any atom is 0.230 e. The molecule has 2 aromatic carbocycles. The van der Waals surface area contributed by atoms with Gasteiger partial charge in [0.15, 0.2) is 11.5 Å². The lowest BCUT2D eigenvalue weighted by atomic mass is 9.98. The summed E-state index contributed by atoms with van der Waals surface area (Å²) in [6.07, 6.45) is 1.18. The van der Waals surface area contributed by atoms with E-state index in [4.69, 9.17) is 9.47 Å². The average molecular weight is 326 g/mol. The summed E-state index contributed by atoms with van der Waals surface area (Å²) >= 11 is 0. The number of nitrogens with zero attached hydrogens (tertiary/aromatic N) is 2. The number of amides is 1. The van der Waals surface area contributed by atoms with Crippen molar-refractivity contribution < 1.29 is 19.4 Å². The lowest BCUT2D eigenvalue weighted by molar-refractivity contribution is -0.119. The Balaban J connectivity index is 1.94. The molecule has 0 saturated heterocycles. The van der Waals surface area contributed by atoms with Crippen molar-refractivity contribution in [1.82, 2.24) is 5.01 Å². The van der Waals surface area contributed by atoms with Gasteiger partial charge in [-0.05, 0) is 24.3 Å². The van der Waals surface area contributed by atoms with Crippen molar-refractivity contribution in [2.24, 2.45) is 5.10 Å². The van der Waals surface area contributed by atoms with Gasteiger partial charge in [0.1, 0.15) is 5.75 Å². The quantitative estimate of drug-likeness (QED) is 0.858. The number of benzene rings is 2. The summed E-state index contributed by atoms with van der Waals surface area (Å²) in [6.45, 7) is 0. The van der Waals surface area contributed by atoms with Crippen LogP contribution in [0, 0.1) is 0 Å². The van der Waals surface area contributed by atoms with Gasteiger partial charge < -0.3 is 14.6 Å². The maximum absolute atomic E-state index is 11.4. The topological polar surface area (TPSA) is 71.4 Å². The highest BCUT2D eigenvalue weighted by Gasteiger charge is 2.30. The minimum absolute atomic E-state index is 0.151. The zero-order chi connectivity index (χ0) is 17.1. The van der Waals surface area contributed by atoms with E-state index in [1.54, 1.807) is 38.5 Å². The molecule has 3 rings (SSSR count). The van der Waals surface area contributed by atoms with Crippen LogP contribution in [0.3, 0.4) is 0 Å². The molecule has 6 nitrogen and oxygen atoms in total. The van der Waals surface area contributed by atoms with E-state index >= 15 is 0 Å². The van der Waals surface area contributed by atoms with E-state index in [0.29, 0.717) is 29.9 Å². The summed E-state index contributed by atoms with van der Waals surface area (Å²) < 4.78 is 10.6. The first-order valence-corrected chi connectivity index (χ1v) is 7.49. The smallest absolute Gasteiger partial charge is 0.230 e. The minimum atomic E-state index is -0.327. The molecule has 1 heterocycles. The number of carbonyl (C=O) groups excluding carboxylic acids is 1. The van der Waals surface area contributed by atoms with E-state index in [0.717, 1.165) is 11.3 Å². The number of carbonyl (C=O) groups is 1. The molecule has 2 aromatic rings. The van der Waals surface area contributed by atoms with Gasteiger partial charge in [0, 0.05) is 17.5 Å². The number of hydrogen-bond donors (Lipinski definition) is 1. The molecule has 1 atom stereocenters. The van der Waals surface area contributed by atoms with Gasteiger partial charge >= 0.3 is 0 Å². The molecular weight excluding hydrogens is 308 g/mol. The van der Waals surface area contributed by atoms with E-state index in [1.807, 2.05) is 18.2 Å². The Kier molecular flexibility index (Phi) is 4.37. The van der Waals surface area contributed by atoms with Crippen LogP contribution >= 0.6 is 0 Å². The summed E-state index contributed by atoms with van der Waals surface area (Å²) in [6, 6.07) is 12.1. The highest BCUT2D eigenvalue weighted by Crippen LogP contribution is 2.37. The van der Waals surface area contributed by atoms with Gasteiger partial charge in [-0.25, -0.2) is 5.01 Å². The SMILES string of the molecule is COc1ccc(C2=NN(C=O)[C@H](c3ccccc3O)C2)cc1OC. The second-order valence-corrected chi connectivity index (χ2v) is 5.38. The molecule has 1 amide bonds.